The van der Waals surface area contributed by atoms with E-state index in [1.165, 1.54) is 18.5 Å². The minimum atomic E-state index is -0.246. The van der Waals surface area contributed by atoms with Gasteiger partial charge in [-0.3, -0.25) is 5.41 Å². The summed E-state index contributed by atoms with van der Waals surface area (Å²) < 4.78 is 1.71. The first kappa shape index (κ1) is 18.8. The van der Waals surface area contributed by atoms with Gasteiger partial charge in [-0.1, -0.05) is 32.0 Å². The van der Waals surface area contributed by atoms with E-state index in [0.717, 1.165) is 24.4 Å². The number of nitrogens with zero attached hydrogens (tertiary/aromatic N) is 2. The second-order valence-corrected chi connectivity index (χ2v) is 7.99. The zero-order valence-corrected chi connectivity index (χ0v) is 16.0. The highest BCUT2D eigenvalue weighted by molar-refractivity contribution is 6.30. The number of aromatic nitrogens is 1. The Hall–Kier alpha value is -1.52. The standard InChI is InChI=1S/C19H29ClN4/c1-13(23-8-6-19(4,5)7-9-23)10-14(2)24-12-16(20)11-17(15(3)21)18(24)22/h10-12,15,22H,2,6-9,21H2,1,3-5H3/b13-10+,22-18?. The fourth-order valence-electron chi connectivity index (χ4n) is 3.02. The summed E-state index contributed by atoms with van der Waals surface area (Å²) in [6.45, 7) is 14.9. The van der Waals surface area contributed by atoms with E-state index in [1.807, 2.05) is 13.0 Å². The predicted octanol–water partition coefficient (Wildman–Crippen LogP) is 4.14. The van der Waals surface area contributed by atoms with Crippen LogP contribution in [0.5, 0.6) is 0 Å². The fraction of sp³-hybridized carbons (Fsp3) is 0.526. The lowest BCUT2D eigenvalue weighted by atomic mass is 9.82. The molecule has 4 nitrogen and oxygen atoms in total. The second-order valence-electron chi connectivity index (χ2n) is 7.55. The van der Waals surface area contributed by atoms with Crippen LogP contribution in [0.3, 0.4) is 0 Å². The molecule has 1 aromatic rings. The third kappa shape index (κ3) is 4.31. The van der Waals surface area contributed by atoms with Gasteiger partial charge in [0, 0.05) is 42.3 Å². The molecule has 1 aromatic heterocycles. The third-order valence-electron chi connectivity index (χ3n) is 4.85. The molecule has 0 amide bonds. The predicted molar refractivity (Wildman–Crippen MR) is 102 cm³/mol. The summed E-state index contributed by atoms with van der Waals surface area (Å²) in [5, 5.41) is 8.93. The van der Waals surface area contributed by atoms with Gasteiger partial charge in [0.25, 0.3) is 0 Å². The first-order chi connectivity index (χ1) is 11.1. The fourth-order valence-corrected chi connectivity index (χ4v) is 3.24. The number of hydrogen-bond donors (Lipinski definition) is 2. The molecule has 24 heavy (non-hydrogen) atoms. The van der Waals surface area contributed by atoms with Gasteiger partial charge in [-0.2, -0.15) is 0 Å². The molecule has 0 spiro atoms. The van der Waals surface area contributed by atoms with Crippen LogP contribution in [0, 0.1) is 10.8 Å². The Bertz CT molecular complexity index is 703. The minimum Gasteiger partial charge on any atom is -0.375 e. The number of rotatable bonds is 4. The van der Waals surface area contributed by atoms with Gasteiger partial charge >= 0.3 is 0 Å². The van der Waals surface area contributed by atoms with E-state index in [0.29, 0.717) is 15.9 Å². The van der Waals surface area contributed by atoms with Crippen molar-refractivity contribution in [2.45, 2.75) is 46.6 Å². The van der Waals surface area contributed by atoms with Crippen LogP contribution in [0.1, 0.15) is 52.1 Å². The van der Waals surface area contributed by atoms with Gasteiger partial charge in [-0.15, -0.1) is 0 Å². The molecule has 0 aliphatic carbocycles. The van der Waals surface area contributed by atoms with Gasteiger partial charge in [-0.25, -0.2) is 0 Å². The van der Waals surface area contributed by atoms with E-state index in [2.05, 4.69) is 32.3 Å². The van der Waals surface area contributed by atoms with Crippen LogP contribution in [0.15, 0.2) is 30.6 Å². The third-order valence-corrected chi connectivity index (χ3v) is 5.06. The SMILES string of the molecule is C=C(/C=C(\C)N1CCC(C)(C)CC1)n1cc(Cl)cc(C(C)N)c1=N. The molecule has 0 bridgehead atoms. The molecule has 0 aromatic carbocycles. The largest absolute Gasteiger partial charge is 0.375 e. The maximum atomic E-state index is 8.37. The summed E-state index contributed by atoms with van der Waals surface area (Å²) in [6, 6.07) is 1.51. The van der Waals surface area contributed by atoms with Crippen molar-refractivity contribution in [2.75, 3.05) is 13.1 Å². The quantitative estimate of drug-likeness (QED) is 0.803. The Kier molecular flexibility index (Phi) is 5.61. The summed E-state index contributed by atoms with van der Waals surface area (Å²) in [5.74, 6) is 0. The van der Waals surface area contributed by atoms with E-state index in [9.17, 15) is 0 Å². The molecule has 1 aliphatic heterocycles. The number of pyridine rings is 1. The number of nitrogens with two attached hydrogens (primary N) is 1. The molecule has 0 radical (unpaired) electrons. The summed E-state index contributed by atoms with van der Waals surface area (Å²) in [5.41, 5.74) is 9.33. The molecular formula is C19H29ClN4. The van der Waals surface area contributed by atoms with Gasteiger partial charge < -0.3 is 15.2 Å². The van der Waals surface area contributed by atoms with Crippen LogP contribution in [-0.4, -0.2) is 22.6 Å². The Labute approximate surface area is 150 Å². The summed E-state index contributed by atoms with van der Waals surface area (Å²) >= 11 is 6.19. The van der Waals surface area contributed by atoms with Crippen LogP contribution in [0.4, 0.5) is 0 Å². The maximum absolute atomic E-state index is 8.37. The van der Waals surface area contributed by atoms with Crippen molar-refractivity contribution in [1.29, 1.82) is 5.41 Å². The molecule has 1 saturated heterocycles. The normalized spacial score (nSPS) is 19.2. The van der Waals surface area contributed by atoms with Crippen LogP contribution in [-0.2, 0) is 0 Å². The lowest BCUT2D eigenvalue weighted by molar-refractivity contribution is 0.162. The van der Waals surface area contributed by atoms with Gasteiger partial charge in [0.15, 0.2) is 0 Å². The monoisotopic (exact) mass is 348 g/mol. The van der Waals surface area contributed by atoms with Crippen LogP contribution < -0.4 is 11.2 Å². The van der Waals surface area contributed by atoms with Crippen molar-refractivity contribution in [1.82, 2.24) is 9.47 Å². The van der Waals surface area contributed by atoms with Crippen molar-refractivity contribution in [2.24, 2.45) is 11.1 Å². The lowest BCUT2D eigenvalue weighted by Crippen LogP contribution is -2.36. The highest BCUT2D eigenvalue weighted by Gasteiger charge is 2.25. The number of halogens is 1. The van der Waals surface area contributed by atoms with E-state index in [4.69, 9.17) is 22.7 Å². The maximum Gasteiger partial charge on any atom is 0.134 e. The van der Waals surface area contributed by atoms with Gasteiger partial charge in [0.2, 0.25) is 0 Å². The molecule has 1 aliphatic rings. The lowest BCUT2D eigenvalue weighted by Gasteiger charge is -2.38. The Morgan fingerprint density at radius 2 is 2.00 bits per heavy atom. The molecule has 1 fully saturated rings. The van der Waals surface area contributed by atoms with Gasteiger partial charge in [-0.05, 0) is 44.2 Å². The second kappa shape index (κ2) is 7.16. The van der Waals surface area contributed by atoms with E-state index in [-0.39, 0.29) is 6.04 Å². The van der Waals surface area contributed by atoms with Gasteiger partial charge in [0.1, 0.15) is 5.49 Å². The summed E-state index contributed by atoms with van der Waals surface area (Å²) in [4.78, 5) is 2.39. The van der Waals surface area contributed by atoms with Crippen molar-refractivity contribution in [3.63, 3.8) is 0 Å². The first-order valence-corrected chi connectivity index (χ1v) is 8.83. The van der Waals surface area contributed by atoms with Crippen LogP contribution in [0.2, 0.25) is 5.02 Å². The van der Waals surface area contributed by atoms with Gasteiger partial charge in [0.05, 0.1) is 5.02 Å². The zero-order valence-electron chi connectivity index (χ0n) is 15.2. The number of likely N-dealkylation sites (tertiary alicyclic amines) is 1. The van der Waals surface area contributed by atoms with Crippen molar-refractivity contribution in [3.8, 4) is 0 Å². The topological polar surface area (TPSA) is 58.0 Å². The van der Waals surface area contributed by atoms with Crippen molar-refractivity contribution in [3.05, 3.63) is 46.7 Å². The Morgan fingerprint density at radius 1 is 1.42 bits per heavy atom. The van der Waals surface area contributed by atoms with E-state index < -0.39 is 0 Å². The smallest absolute Gasteiger partial charge is 0.134 e. The zero-order chi connectivity index (χ0) is 18.1. The molecule has 1 atom stereocenters. The molecular weight excluding hydrogens is 320 g/mol. The Balaban J connectivity index is 2.25. The van der Waals surface area contributed by atoms with Crippen LogP contribution >= 0.6 is 11.6 Å². The van der Waals surface area contributed by atoms with E-state index in [1.54, 1.807) is 16.8 Å². The molecule has 2 rings (SSSR count). The average Bonchev–Trinajstić information content (AvgIpc) is 2.48. The number of piperidine rings is 1. The molecule has 5 heteroatoms. The number of hydrogen-bond acceptors (Lipinski definition) is 3. The molecule has 132 valence electrons. The minimum absolute atomic E-state index is 0.246. The summed E-state index contributed by atoms with van der Waals surface area (Å²) in [6.07, 6.45) is 6.12. The average molecular weight is 349 g/mol. The Morgan fingerprint density at radius 3 is 2.54 bits per heavy atom. The van der Waals surface area contributed by atoms with Crippen LogP contribution in [0.25, 0.3) is 5.70 Å². The number of allylic oxidation sites excluding steroid dienone is 3. The first-order valence-electron chi connectivity index (χ1n) is 8.45. The van der Waals surface area contributed by atoms with Crippen molar-refractivity contribution >= 4 is 17.3 Å². The van der Waals surface area contributed by atoms with E-state index >= 15 is 0 Å². The summed E-state index contributed by atoms with van der Waals surface area (Å²) in [7, 11) is 0. The molecule has 0 saturated carbocycles. The highest BCUT2D eigenvalue weighted by Crippen LogP contribution is 2.31. The highest BCUT2D eigenvalue weighted by atomic mass is 35.5. The molecule has 1 unspecified atom stereocenters. The molecule has 3 N–H and O–H groups in total. The van der Waals surface area contributed by atoms with Crippen molar-refractivity contribution < 1.29 is 0 Å². The number of nitrogens with one attached hydrogen (secondary N) is 1. The molecule has 2 heterocycles.